The van der Waals surface area contributed by atoms with Crippen LogP contribution in [0.15, 0.2) is 34.9 Å². The Labute approximate surface area is 162 Å². The molecule has 0 radical (unpaired) electrons. The zero-order valence-electron chi connectivity index (χ0n) is 15.8. The molecule has 0 spiro atoms. The molecule has 138 valence electrons. The fraction of sp³-hybridized carbons (Fsp3) is 0.286. The van der Waals surface area contributed by atoms with E-state index in [-0.39, 0.29) is 11.8 Å². The molecule has 1 unspecified atom stereocenters. The summed E-state index contributed by atoms with van der Waals surface area (Å²) in [6, 6.07) is 7.36. The van der Waals surface area contributed by atoms with Crippen molar-refractivity contribution in [2.24, 2.45) is 5.73 Å². The Morgan fingerprint density at radius 2 is 1.81 bits per heavy atom. The Balaban J connectivity index is 1.87. The molecule has 2 N–H and O–H groups in total. The molecule has 6 heteroatoms. The summed E-state index contributed by atoms with van der Waals surface area (Å²) in [5.74, 6) is -0.586. The molecule has 2 aliphatic rings. The number of nitrogens with two attached hydrogens (primary N) is 1. The van der Waals surface area contributed by atoms with Gasteiger partial charge >= 0.3 is 0 Å². The summed E-state index contributed by atoms with van der Waals surface area (Å²) in [5.41, 5.74) is 12.8. The van der Waals surface area contributed by atoms with E-state index in [1.54, 1.807) is 12.1 Å². The van der Waals surface area contributed by atoms with Crippen LogP contribution >= 0.6 is 11.8 Å². The van der Waals surface area contributed by atoms with Gasteiger partial charge in [0, 0.05) is 11.3 Å². The van der Waals surface area contributed by atoms with Gasteiger partial charge in [-0.15, -0.1) is 0 Å². The molecule has 2 aliphatic heterocycles. The third kappa shape index (κ3) is 2.51. The summed E-state index contributed by atoms with van der Waals surface area (Å²) in [7, 11) is 0. The van der Waals surface area contributed by atoms with E-state index in [0.717, 1.165) is 39.4 Å². The van der Waals surface area contributed by atoms with Gasteiger partial charge in [-0.05, 0) is 50.5 Å². The highest BCUT2D eigenvalue weighted by atomic mass is 32.2. The average Bonchev–Trinajstić information content (AvgIpc) is 2.87. The number of hydrogen-bond acceptors (Lipinski definition) is 5. The highest BCUT2D eigenvalue weighted by molar-refractivity contribution is 8.01. The monoisotopic (exact) mass is 379 g/mol. The Morgan fingerprint density at radius 3 is 2.44 bits per heavy atom. The first-order chi connectivity index (χ1) is 12.8. The minimum Gasteiger partial charge on any atom is -0.398 e. The van der Waals surface area contributed by atoms with Gasteiger partial charge in [0.05, 0.1) is 17.0 Å². The van der Waals surface area contributed by atoms with Gasteiger partial charge in [0.15, 0.2) is 0 Å². The molecular formula is C21H21N3O2S. The SMILES string of the molecule is CCc1c(C)nc2c(c1C)C(N)=C1C(=O)N(c3ccc(C)cc3)C(=O)C1S2. The molecular weight excluding hydrogens is 358 g/mol. The van der Waals surface area contributed by atoms with Crippen molar-refractivity contribution in [3.63, 3.8) is 0 Å². The van der Waals surface area contributed by atoms with E-state index in [1.807, 2.05) is 32.9 Å². The van der Waals surface area contributed by atoms with Crippen LogP contribution in [0.2, 0.25) is 0 Å². The van der Waals surface area contributed by atoms with Crippen LogP contribution in [0.25, 0.3) is 5.70 Å². The minimum absolute atomic E-state index is 0.255. The van der Waals surface area contributed by atoms with Crippen LogP contribution in [0.3, 0.4) is 0 Å². The molecule has 4 rings (SSSR count). The van der Waals surface area contributed by atoms with E-state index in [4.69, 9.17) is 10.7 Å². The van der Waals surface area contributed by atoms with Crippen LogP contribution in [0.1, 0.15) is 34.9 Å². The molecule has 1 saturated heterocycles. The second-order valence-corrected chi connectivity index (χ2v) is 8.07. The molecule has 2 aromatic rings. The van der Waals surface area contributed by atoms with Crippen LogP contribution in [0, 0.1) is 20.8 Å². The number of thioether (sulfide) groups is 1. The molecule has 0 saturated carbocycles. The lowest BCUT2D eigenvalue weighted by atomic mass is 9.96. The second-order valence-electron chi connectivity index (χ2n) is 6.97. The van der Waals surface area contributed by atoms with Crippen molar-refractivity contribution in [1.82, 2.24) is 4.98 Å². The third-order valence-corrected chi connectivity index (χ3v) is 6.51. The van der Waals surface area contributed by atoms with Crippen molar-refractivity contribution >= 4 is 35.0 Å². The topological polar surface area (TPSA) is 76.3 Å². The molecule has 5 nitrogen and oxygen atoms in total. The Morgan fingerprint density at radius 1 is 1.15 bits per heavy atom. The van der Waals surface area contributed by atoms with Crippen LogP contribution in [-0.2, 0) is 16.0 Å². The van der Waals surface area contributed by atoms with E-state index < -0.39 is 5.25 Å². The molecule has 1 atom stereocenters. The fourth-order valence-corrected chi connectivity index (χ4v) is 5.25. The van der Waals surface area contributed by atoms with Gasteiger partial charge in [-0.3, -0.25) is 9.59 Å². The summed E-state index contributed by atoms with van der Waals surface area (Å²) in [6.07, 6.45) is 0.844. The van der Waals surface area contributed by atoms with Gasteiger partial charge in [0.25, 0.3) is 11.8 Å². The van der Waals surface area contributed by atoms with E-state index in [9.17, 15) is 9.59 Å². The van der Waals surface area contributed by atoms with Crippen molar-refractivity contribution < 1.29 is 9.59 Å². The number of carbonyl (C=O) groups excluding carboxylic acids is 2. The van der Waals surface area contributed by atoms with Crippen molar-refractivity contribution in [2.75, 3.05) is 4.90 Å². The number of hydrogen-bond donors (Lipinski definition) is 1. The summed E-state index contributed by atoms with van der Waals surface area (Å²) >= 11 is 1.33. The highest BCUT2D eigenvalue weighted by Gasteiger charge is 2.49. The van der Waals surface area contributed by atoms with Crippen molar-refractivity contribution in [3.8, 4) is 0 Å². The first-order valence-electron chi connectivity index (χ1n) is 8.96. The number of nitrogens with zero attached hydrogens (tertiary/aromatic N) is 2. The molecule has 27 heavy (non-hydrogen) atoms. The number of pyridine rings is 1. The molecule has 2 amide bonds. The number of rotatable bonds is 2. The van der Waals surface area contributed by atoms with Gasteiger partial charge in [0.2, 0.25) is 0 Å². The van der Waals surface area contributed by atoms with E-state index in [2.05, 4.69) is 6.92 Å². The van der Waals surface area contributed by atoms with Gasteiger partial charge in [-0.1, -0.05) is 36.4 Å². The average molecular weight is 379 g/mol. The predicted octanol–water partition coefficient (Wildman–Crippen LogP) is 3.29. The number of imide groups is 1. The van der Waals surface area contributed by atoms with Crippen LogP contribution in [0.5, 0.6) is 0 Å². The maximum Gasteiger partial charge on any atom is 0.264 e. The van der Waals surface area contributed by atoms with Gasteiger partial charge in [-0.25, -0.2) is 9.88 Å². The molecule has 0 aliphatic carbocycles. The molecule has 0 bridgehead atoms. The first kappa shape index (κ1) is 17.8. The smallest absolute Gasteiger partial charge is 0.264 e. The zero-order valence-corrected chi connectivity index (χ0v) is 16.6. The van der Waals surface area contributed by atoms with Crippen LogP contribution in [-0.4, -0.2) is 22.0 Å². The minimum atomic E-state index is -0.634. The quantitative estimate of drug-likeness (QED) is 0.811. The second kappa shape index (κ2) is 6.23. The summed E-state index contributed by atoms with van der Waals surface area (Å²) in [5, 5.41) is 0.102. The Bertz CT molecular complexity index is 1020. The predicted molar refractivity (Wildman–Crippen MR) is 108 cm³/mol. The fourth-order valence-electron chi connectivity index (χ4n) is 3.91. The number of aryl methyl sites for hydroxylation is 2. The number of aromatic nitrogens is 1. The van der Waals surface area contributed by atoms with Crippen LogP contribution < -0.4 is 10.6 Å². The number of anilines is 1. The lowest BCUT2D eigenvalue weighted by molar-refractivity contribution is -0.120. The van der Waals surface area contributed by atoms with E-state index in [1.165, 1.54) is 16.7 Å². The summed E-state index contributed by atoms with van der Waals surface area (Å²) in [4.78, 5) is 32.1. The number of benzene rings is 1. The third-order valence-electron chi connectivity index (χ3n) is 5.32. The molecule has 1 aromatic heterocycles. The maximum atomic E-state index is 13.1. The van der Waals surface area contributed by atoms with Gasteiger partial charge in [-0.2, -0.15) is 0 Å². The summed E-state index contributed by atoms with van der Waals surface area (Å²) < 4.78 is 0. The van der Waals surface area contributed by atoms with Crippen molar-refractivity contribution in [1.29, 1.82) is 0 Å². The normalized spacial score (nSPS) is 18.8. The summed E-state index contributed by atoms with van der Waals surface area (Å²) in [6.45, 7) is 8.03. The molecule has 1 aromatic carbocycles. The van der Waals surface area contributed by atoms with Crippen LogP contribution in [0.4, 0.5) is 5.69 Å². The lowest BCUT2D eigenvalue weighted by Crippen LogP contribution is -2.31. The number of amides is 2. The lowest BCUT2D eigenvalue weighted by Gasteiger charge is -2.24. The zero-order chi connectivity index (χ0) is 19.5. The molecule has 3 heterocycles. The van der Waals surface area contributed by atoms with E-state index >= 15 is 0 Å². The number of fused-ring (bicyclic) bond motifs is 2. The van der Waals surface area contributed by atoms with Crippen molar-refractivity contribution in [2.45, 2.75) is 44.4 Å². The Kier molecular flexibility index (Phi) is 4.11. The van der Waals surface area contributed by atoms with Crippen molar-refractivity contribution in [3.05, 3.63) is 57.8 Å². The largest absolute Gasteiger partial charge is 0.398 e. The molecule has 1 fully saturated rings. The number of carbonyl (C=O) groups is 2. The standard InChI is InChI=1S/C21H21N3O2S/c1-5-14-11(3)15-17(22)16-18(27-19(15)23-12(14)4)21(26)24(20(16)25)13-8-6-10(2)7-9-13/h6-9,18H,5,22H2,1-4H3. The maximum absolute atomic E-state index is 13.1. The van der Waals surface area contributed by atoms with Gasteiger partial charge < -0.3 is 5.73 Å². The Hall–Kier alpha value is -2.60. The highest BCUT2D eigenvalue weighted by Crippen LogP contribution is 2.46. The van der Waals surface area contributed by atoms with Gasteiger partial charge in [0.1, 0.15) is 10.3 Å². The first-order valence-corrected chi connectivity index (χ1v) is 9.84. The van der Waals surface area contributed by atoms with E-state index in [0.29, 0.717) is 17.0 Å².